The lowest BCUT2D eigenvalue weighted by Gasteiger charge is -2.06. The average Bonchev–Trinajstić information content (AvgIpc) is 2.35. The minimum Gasteiger partial charge on any atom is -0.481 e. The van der Waals surface area contributed by atoms with Crippen LogP contribution in [0.15, 0.2) is 28.7 Å². The summed E-state index contributed by atoms with van der Waals surface area (Å²) in [6, 6.07) is 7.04. The number of fused-ring (bicyclic) bond motifs is 1. The summed E-state index contributed by atoms with van der Waals surface area (Å²) in [4.78, 5) is 15.9. The Bertz CT molecular complexity index is 583. The van der Waals surface area contributed by atoms with Crippen molar-refractivity contribution in [3.8, 4) is 5.88 Å². The van der Waals surface area contributed by atoms with Crippen molar-refractivity contribution >= 4 is 32.8 Å². The Labute approximate surface area is 107 Å². The highest BCUT2D eigenvalue weighted by Crippen LogP contribution is 2.25. The van der Waals surface area contributed by atoms with E-state index in [0.29, 0.717) is 17.0 Å². The van der Waals surface area contributed by atoms with Crippen LogP contribution in [-0.4, -0.2) is 25.2 Å². The van der Waals surface area contributed by atoms with Gasteiger partial charge in [0.25, 0.3) is 0 Å². The summed E-state index contributed by atoms with van der Waals surface area (Å²) in [7, 11) is 2.90. The van der Waals surface area contributed by atoms with Crippen LogP contribution in [0.2, 0.25) is 0 Å². The first-order chi connectivity index (χ1) is 8.15. The number of rotatable bonds is 2. The first-order valence-electron chi connectivity index (χ1n) is 4.88. The van der Waals surface area contributed by atoms with E-state index in [1.54, 1.807) is 25.3 Å². The van der Waals surface area contributed by atoms with Gasteiger partial charge < -0.3 is 9.47 Å². The number of methoxy groups -OCH3 is 2. The maximum absolute atomic E-state index is 11.6. The molecule has 0 fully saturated rings. The van der Waals surface area contributed by atoms with Crippen molar-refractivity contribution in [1.29, 1.82) is 0 Å². The summed E-state index contributed by atoms with van der Waals surface area (Å²) in [5.74, 6) is 0.120. The predicted molar refractivity (Wildman–Crippen MR) is 67.3 cm³/mol. The van der Waals surface area contributed by atoms with Crippen LogP contribution >= 0.6 is 15.9 Å². The number of ether oxygens (including phenoxy) is 2. The van der Waals surface area contributed by atoms with E-state index in [9.17, 15) is 4.79 Å². The van der Waals surface area contributed by atoms with Gasteiger partial charge in [-0.25, -0.2) is 9.78 Å². The van der Waals surface area contributed by atoms with Gasteiger partial charge in [0.2, 0.25) is 5.88 Å². The van der Waals surface area contributed by atoms with Gasteiger partial charge >= 0.3 is 5.97 Å². The summed E-state index contributed by atoms with van der Waals surface area (Å²) < 4.78 is 10.6. The fourth-order valence-corrected chi connectivity index (χ4v) is 2.02. The summed E-state index contributed by atoms with van der Waals surface area (Å²) in [6.07, 6.45) is 0. The van der Waals surface area contributed by atoms with Crippen LogP contribution in [0.4, 0.5) is 0 Å². The number of hydrogen-bond donors (Lipinski definition) is 0. The Morgan fingerprint density at radius 1 is 1.29 bits per heavy atom. The van der Waals surface area contributed by atoms with Crippen molar-refractivity contribution < 1.29 is 14.3 Å². The van der Waals surface area contributed by atoms with Crippen LogP contribution in [0.25, 0.3) is 10.9 Å². The molecule has 0 aliphatic carbocycles. The molecule has 0 saturated carbocycles. The van der Waals surface area contributed by atoms with E-state index in [4.69, 9.17) is 9.47 Å². The molecular formula is C12H10BrNO3. The molecule has 1 aromatic heterocycles. The van der Waals surface area contributed by atoms with Gasteiger partial charge in [0.05, 0.1) is 25.3 Å². The van der Waals surface area contributed by atoms with E-state index in [2.05, 4.69) is 20.9 Å². The maximum atomic E-state index is 11.6. The third kappa shape index (κ3) is 2.24. The van der Waals surface area contributed by atoms with Crippen molar-refractivity contribution in [3.05, 3.63) is 34.3 Å². The number of hydrogen-bond acceptors (Lipinski definition) is 4. The van der Waals surface area contributed by atoms with Gasteiger partial charge in [-0.15, -0.1) is 0 Å². The van der Waals surface area contributed by atoms with Gasteiger partial charge in [-0.2, -0.15) is 0 Å². The van der Waals surface area contributed by atoms with Crippen molar-refractivity contribution in [2.24, 2.45) is 0 Å². The zero-order valence-corrected chi connectivity index (χ0v) is 10.9. The Morgan fingerprint density at radius 2 is 2.06 bits per heavy atom. The SMILES string of the molecule is COC(=O)c1cc(Br)cc2nc(OC)ccc12. The summed E-state index contributed by atoms with van der Waals surface area (Å²) >= 11 is 3.34. The lowest BCUT2D eigenvalue weighted by Crippen LogP contribution is -2.02. The summed E-state index contributed by atoms with van der Waals surface area (Å²) in [6.45, 7) is 0. The van der Waals surface area contributed by atoms with E-state index < -0.39 is 0 Å². The monoisotopic (exact) mass is 295 g/mol. The molecule has 17 heavy (non-hydrogen) atoms. The number of nitrogens with zero attached hydrogens (tertiary/aromatic N) is 1. The van der Waals surface area contributed by atoms with Gasteiger partial charge in [-0.3, -0.25) is 0 Å². The number of carbonyl (C=O) groups excluding carboxylic acids is 1. The molecule has 0 spiro atoms. The molecule has 0 bridgehead atoms. The Morgan fingerprint density at radius 3 is 2.71 bits per heavy atom. The fourth-order valence-electron chi connectivity index (χ4n) is 1.57. The van der Waals surface area contributed by atoms with Crippen LogP contribution in [0.3, 0.4) is 0 Å². The molecule has 0 amide bonds. The van der Waals surface area contributed by atoms with E-state index in [1.165, 1.54) is 7.11 Å². The first-order valence-corrected chi connectivity index (χ1v) is 5.67. The average molecular weight is 296 g/mol. The van der Waals surface area contributed by atoms with E-state index in [-0.39, 0.29) is 5.97 Å². The largest absolute Gasteiger partial charge is 0.481 e. The van der Waals surface area contributed by atoms with Crippen molar-refractivity contribution in [1.82, 2.24) is 4.98 Å². The molecule has 2 aromatic rings. The number of halogens is 1. The molecule has 0 atom stereocenters. The molecule has 5 heteroatoms. The van der Waals surface area contributed by atoms with Gasteiger partial charge in [-0.1, -0.05) is 15.9 Å². The lowest BCUT2D eigenvalue weighted by atomic mass is 10.1. The smallest absolute Gasteiger partial charge is 0.338 e. The van der Waals surface area contributed by atoms with Crippen molar-refractivity contribution in [2.45, 2.75) is 0 Å². The van der Waals surface area contributed by atoms with E-state index >= 15 is 0 Å². The normalized spacial score (nSPS) is 10.3. The van der Waals surface area contributed by atoms with Crippen molar-refractivity contribution in [3.63, 3.8) is 0 Å². The van der Waals surface area contributed by atoms with Crippen LogP contribution in [0.5, 0.6) is 5.88 Å². The van der Waals surface area contributed by atoms with E-state index in [0.717, 1.165) is 9.86 Å². The highest BCUT2D eigenvalue weighted by Gasteiger charge is 2.12. The number of pyridine rings is 1. The third-order valence-corrected chi connectivity index (χ3v) is 2.82. The molecule has 0 saturated heterocycles. The Balaban J connectivity index is 2.72. The van der Waals surface area contributed by atoms with Crippen LogP contribution in [-0.2, 0) is 4.74 Å². The number of esters is 1. The third-order valence-electron chi connectivity index (χ3n) is 2.36. The number of aromatic nitrogens is 1. The van der Waals surface area contributed by atoms with Gasteiger partial charge in [-0.05, 0) is 18.2 Å². The second-order valence-electron chi connectivity index (χ2n) is 3.37. The van der Waals surface area contributed by atoms with E-state index in [1.807, 2.05) is 6.07 Å². The molecule has 0 aliphatic rings. The van der Waals surface area contributed by atoms with Gasteiger partial charge in [0.1, 0.15) is 0 Å². The summed E-state index contributed by atoms with van der Waals surface area (Å²) in [5.41, 5.74) is 1.16. The number of carbonyl (C=O) groups is 1. The lowest BCUT2D eigenvalue weighted by molar-refractivity contribution is 0.0603. The number of benzene rings is 1. The Kier molecular flexibility index (Phi) is 3.28. The van der Waals surface area contributed by atoms with Crippen LogP contribution < -0.4 is 4.74 Å². The zero-order valence-electron chi connectivity index (χ0n) is 9.36. The first kappa shape index (κ1) is 11.9. The topological polar surface area (TPSA) is 48.4 Å². The van der Waals surface area contributed by atoms with Gasteiger partial charge in [0.15, 0.2) is 0 Å². The molecule has 0 aliphatic heterocycles. The maximum Gasteiger partial charge on any atom is 0.338 e. The molecule has 4 nitrogen and oxygen atoms in total. The second-order valence-corrected chi connectivity index (χ2v) is 4.28. The quantitative estimate of drug-likeness (QED) is 0.800. The fraction of sp³-hybridized carbons (Fsp3) is 0.167. The standard InChI is InChI=1S/C12H10BrNO3/c1-16-11-4-3-8-9(12(15)17-2)5-7(13)6-10(8)14-11/h3-6H,1-2H3. The molecule has 0 N–H and O–H groups in total. The van der Waals surface area contributed by atoms with Crippen molar-refractivity contribution in [2.75, 3.05) is 14.2 Å². The highest BCUT2D eigenvalue weighted by molar-refractivity contribution is 9.10. The highest BCUT2D eigenvalue weighted by atomic mass is 79.9. The predicted octanol–water partition coefficient (Wildman–Crippen LogP) is 2.79. The minimum absolute atomic E-state index is 0.386. The minimum atomic E-state index is -0.386. The molecule has 0 unspecified atom stereocenters. The molecule has 1 aromatic carbocycles. The van der Waals surface area contributed by atoms with Gasteiger partial charge in [0, 0.05) is 15.9 Å². The van der Waals surface area contributed by atoms with Crippen LogP contribution in [0.1, 0.15) is 10.4 Å². The second kappa shape index (κ2) is 4.71. The van der Waals surface area contributed by atoms with Crippen LogP contribution in [0, 0.1) is 0 Å². The molecule has 2 rings (SSSR count). The zero-order chi connectivity index (χ0) is 12.4. The molecule has 1 heterocycles. The Hall–Kier alpha value is -1.62. The molecule has 88 valence electrons. The molecule has 0 radical (unpaired) electrons. The molecular weight excluding hydrogens is 286 g/mol. The summed E-state index contributed by atoms with van der Waals surface area (Å²) in [5, 5.41) is 0.737.